The quantitative estimate of drug-likeness (QED) is 0.572. The Labute approximate surface area is 127 Å². The van der Waals surface area contributed by atoms with Gasteiger partial charge in [-0.1, -0.05) is 18.9 Å². The molecule has 0 unspecified atom stereocenters. The molecule has 3 N–H and O–H groups in total. The molecule has 116 valence electrons. The minimum Gasteiger partial charge on any atom is -0.481 e. The Morgan fingerprint density at radius 2 is 1.86 bits per heavy atom. The van der Waals surface area contributed by atoms with Crippen LogP contribution in [0.15, 0.2) is 17.5 Å². The second kappa shape index (κ2) is 9.93. The lowest BCUT2D eigenvalue weighted by Gasteiger charge is -2.06. The third-order valence-electron chi connectivity index (χ3n) is 2.79. The van der Waals surface area contributed by atoms with Crippen molar-refractivity contribution in [3.8, 4) is 0 Å². The summed E-state index contributed by atoms with van der Waals surface area (Å²) in [6.07, 6.45) is 3.40. The average Bonchev–Trinajstić information content (AvgIpc) is 2.97. The zero-order valence-electron chi connectivity index (χ0n) is 11.8. The van der Waals surface area contributed by atoms with E-state index in [9.17, 15) is 14.4 Å². The van der Waals surface area contributed by atoms with E-state index in [0.717, 1.165) is 19.3 Å². The van der Waals surface area contributed by atoms with Crippen molar-refractivity contribution in [3.05, 3.63) is 22.4 Å². The summed E-state index contributed by atoms with van der Waals surface area (Å²) in [4.78, 5) is 34.0. The lowest BCUT2D eigenvalue weighted by molar-refractivity contribution is -0.137. The summed E-state index contributed by atoms with van der Waals surface area (Å²) in [7, 11) is 0. The molecule has 0 aliphatic heterocycles. The van der Waals surface area contributed by atoms with E-state index in [1.807, 2.05) is 0 Å². The monoisotopic (exact) mass is 312 g/mol. The summed E-state index contributed by atoms with van der Waals surface area (Å²) in [5.41, 5.74) is 0. The number of carboxylic acids is 1. The first kappa shape index (κ1) is 17.2. The largest absolute Gasteiger partial charge is 0.481 e. The number of rotatable bonds is 10. The van der Waals surface area contributed by atoms with Crippen molar-refractivity contribution in [1.82, 2.24) is 10.6 Å². The number of hydrogen-bond donors (Lipinski definition) is 3. The Bertz CT molecular complexity index is 460. The Morgan fingerprint density at radius 3 is 2.52 bits per heavy atom. The maximum atomic E-state index is 11.6. The maximum Gasteiger partial charge on any atom is 0.303 e. The number of carbonyl (C=O) groups excluding carboxylic acids is 2. The van der Waals surface area contributed by atoms with E-state index in [4.69, 9.17) is 5.11 Å². The van der Waals surface area contributed by atoms with Crippen LogP contribution in [0, 0.1) is 0 Å². The van der Waals surface area contributed by atoms with E-state index in [1.165, 1.54) is 11.3 Å². The molecule has 1 aromatic heterocycles. The van der Waals surface area contributed by atoms with Gasteiger partial charge in [-0.3, -0.25) is 14.4 Å². The highest BCUT2D eigenvalue weighted by atomic mass is 32.1. The number of thiophene rings is 1. The molecule has 0 radical (unpaired) electrons. The van der Waals surface area contributed by atoms with Gasteiger partial charge < -0.3 is 15.7 Å². The molecule has 7 heteroatoms. The molecule has 21 heavy (non-hydrogen) atoms. The van der Waals surface area contributed by atoms with Crippen molar-refractivity contribution in [3.63, 3.8) is 0 Å². The van der Waals surface area contributed by atoms with Crippen molar-refractivity contribution in [2.75, 3.05) is 13.1 Å². The molecule has 0 saturated carbocycles. The Hall–Kier alpha value is -1.89. The van der Waals surface area contributed by atoms with E-state index in [2.05, 4.69) is 10.6 Å². The molecular weight excluding hydrogens is 292 g/mol. The van der Waals surface area contributed by atoms with E-state index in [1.54, 1.807) is 17.5 Å². The Kier molecular flexibility index (Phi) is 8.11. The molecule has 0 aliphatic rings. The van der Waals surface area contributed by atoms with Gasteiger partial charge in [-0.05, 0) is 24.3 Å². The fraction of sp³-hybridized carbons (Fsp3) is 0.500. The van der Waals surface area contributed by atoms with Gasteiger partial charge in [-0.2, -0.15) is 0 Å². The fourth-order valence-electron chi connectivity index (χ4n) is 1.70. The van der Waals surface area contributed by atoms with Crippen LogP contribution in [0.3, 0.4) is 0 Å². The van der Waals surface area contributed by atoms with E-state index < -0.39 is 5.97 Å². The molecule has 0 atom stereocenters. The average molecular weight is 312 g/mol. The number of amides is 2. The lowest BCUT2D eigenvalue weighted by Crippen LogP contribution is -2.37. The summed E-state index contributed by atoms with van der Waals surface area (Å²) in [6, 6.07) is 3.49. The van der Waals surface area contributed by atoms with Gasteiger partial charge in [0.05, 0.1) is 11.4 Å². The molecule has 1 rings (SSSR count). The standard InChI is InChI=1S/C14H20N2O4S/c17-12(10-16-14(20)11-6-5-9-21-11)15-8-4-2-1-3-7-13(18)19/h5-6,9H,1-4,7-8,10H2,(H,15,17)(H,16,20)(H,18,19). The van der Waals surface area contributed by atoms with Gasteiger partial charge >= 0.3 is 5.97 Å². The van der Waals surface area contributed by atoms with E-state index >= 15 is 0 Å². The Balaban J connectivity index is 1.99. The van der Waals surface area contributed by atoms with Gasteiger partial charge in [0.15, 0.2) is 0 Å². The van der Waals surface area contributed by atoms with Crippen LogP contribution in [0.25, 0.3) is 0 Å². The molecule has 0 fully saturated rings. The fourth-order valence-corrected chi connectivity index (χ4v) is 2.34. The molecule has 0 bridgehead atoms. The van der Waals surface area contributed by atoms with Crippen molar-refractivity contribution < 1.29 is 19.5 Å². The first-order valence-corrected chi connectivity index (χ1v) is 7.78. The van der Waals surface area contributed by atoms with Gasteiger partial charge in [0, 0.05) is 13.0 Å². The number of hydrogen-bond acceptors (Lipinski definition) is 4. The topological polar surface area (TPSA) is 95.5 Å². The van der Waals surface area contributed by atoms with Crippen LogP contribution in [0.4, 0.5) is 0 Å². The van der Waals surface area contributed by atoms with Crippen LogP contribution in [-0.4, -0.2) is 36.0 Å². The highest BCUT2D eigenvalue weighted by Gasteiger charge is 2.08. The second-order valence-electron chi connectivity index (χ2n) is 4.57. The zero-order valence-corrected chi connectivity index (χ0v) is 12.6. The van der Waals surface area contributed by atoms with Crippen LogP contribution in [0.5, 0.6) is 0 Å². The van der Waals surface area contributed by atoms with Crippen molar-refractivity contribution in [2.45, 2.75) is 32.1 Å². The number of aliphatic carboxylic acids is 1. The molecule has 0 spiro atoms. The van der Waals surface area contributed by atoms with E-state index in [-0.39, 0.29) is 24.8 Å². The molecule has 6 nitrogen and oxygen atoms in total. The first-order valence-electron chi connectivity index (χ1n) is 6.90. The van der Waals surface area contributed by atoms with Crippen molar-refractivity contribution in [1.29, 1.82) is 0 Å². The van der Waals surface area contributed by atoms with Crippen LogP contribution in [-0.2, 0) is 9.59 Å². The molecule has 0 aromatic carbocycles. The van der Waals surface area contributed by atoms with Crippen LogP contribution >= 0.6 is 11.3 Å². The molecule has 0 aliphatic carbocycles. The van der Waals surface area contributed by atoms with E-state index in [0.29, 0.717) is 17.8 Å². The molecule has 2 amide bonds. The van der Waals surface area contributed by atoms with Crippen LogP contribution < -0.4 is 10.6 Å². The third kappa shape index (κ3) is 8.09. The lowest BCUT2D eigenvalue weighted by atomic mass is 10.1. The minimum atomic E-state index is -0.773. The predicted molar refractivity (Wildman–Crippen MR) is 80.4 cm³/mol. The normalized spacial score (nSPS) is 10.1. The first-order chi connectivity index (χ1) is 10.1. The number of unbranched alkanes of at least 4 members (excludes halogenated alkanes) is 3. The summed E-state index contributed by atoms with van der Waals surface area (Å²) in [6.45, 7) is 0.510. The van der Waals surface area contributed by atoms with Crippen molar-refractivity contribution >= 4 is 29.1 Å². The molecule has 1 aromatic rings. The van der Waals surface area contributed by atoms with Gasteiger partial charge in [0.1, 0.15) is 0 Å². The van der Waals surface area contributed by atoms with Gasteiger partial charge in [0.2, 0.25) is 5.91 Å². The Morgan fingerprint density at radius 1 is 1.10 bits per heavy atom. The summed E-state index contributed by atoms with van der Waals surface area (Å²) in [5.74, 6) is -1.23. The zero-order chi connectivity index (χ0) is 15.5. The van der Waals surface area contributed by atoms with Gasteiger partial charge in [0.25, 0.3) is 5.91 Å². The summed E-state index contributed by atoms with van der Waals surface area (Å²) < 4.78 is 0. The van der Waals surface area contributed by atoms with Gasteiger partial charge in [-0.25, -0.2) is 0 Å². The molecular formula is C14H20N2O4S. The SMILES string of the molecule is O=C(O)CCCCCCNC(=O)CNC(=O)c1cccs1. The highest BCUT2D eigenvalue weighted by Crippen LogP contribution is 2.07. The second-order valence-corrected chi connectivity index (χ2v) is 5.52. The van der Waals surface area contributed by atoms with Crippen LogP contribution in [0.1, 0.15) is 41.8 Å². The van der Waals surface area contributed by atoms with Crippen LogP contribution in [0.2, 0.25) is 0 Å². The maximum absolute atomic E-state index is 11.6. The number of nitrogens with one attached hydrogen (secondary N) is 2. The third-order valence-corrected chi connectivity index (χ3v) is 3.66. The molecule has 1 heterocycles. The highest BCUT2D eigenvalue weighted by molar-refractivity contribution is 7.12. The smallest absolute Gasteiger partial charge is 0.303 e. The summed E-state index contributed by atoms with van der Waals surface area (Å²) in [5, 5.41) is 15.5. The number of carboxylic acid groups (broad SMARTS) is 1. The predicted octanol–water partition coefficient (Wildman–Crippen LogP) is 1.63. The molecule has 0 saturated heterocycles. The minimum absolute atomic E-state index is 0.0320. The van der Waals surface area contributed by atoms with Gasteiger partial charge in [-0.15, -0.1) is 11.3 Å². The number of carbonyl (C=O) groups is 3. The summed E-state index contributed by atoms with van der Waals surface area (Å²) >= 11 is 1.33. The van der Waals surface area contributed by atoms with Crippen molar-refractivity contribution in [2.24, 2.45) is 0 Å².